The van der Waals surface area contributed by atoms with Crippen LogP contribution in [0, 0.1) is 6.92 Å². The van der Waals surface area contributed by atoms with E-state index < -0.39 is 11.7 Å². The molecule has 0 aliphatic rings. The van der Waals surface area contributed by atoms with Crippen molar-refractivity contribution >= 4 is 5.82 Å². The van der Waals surface area contributed by atoms with E-state index in [4.69, 9.17) is 5.73 Å². The van der Waals surface area contributed by atoms with E-state index in [0.717, 1.165) is 18.0 Å². The molecule has 0 spiro atoms. The Labute approximate surface area is 121 Å². The van der Waals surface area contributed by atoms with E-state index in [0.29, 0.717) is 17.1 Å². The predicted octanol–water partition coefficient (Wildman–Crippen LogP) is 4.21. The standard InChI is InChI=1S/C15H18F3N3/c1-9-20-12(13(19)21(9)14(2,3)4)10-5-7-11(8-6-10)15(16,17)18/h5-8H,19H2,1-4H3. The maximum atomic E-state index is 12.6. The first-order chi connectivity index (χ1) is 9.51. The second kappa shape index (κ2) is 4.79. The first-order valence-corrected chi connectivity index (χ1v) is 6.55. The van der Waals surface area contributed by atoms with Gasteiger partial charge in [0.25, 0.3) is 0 Å². The fourth-order valence-corrected chi connectivity index (χ4v) is 2.43. The van der Waals surface area contributed by atoms with Gasteiger partial charge in [-0.1, -0.05) is 12.1 Å². The summed E-state index contributed by atoms with van der Waals surface area (Å²) in [6.45, 7) is 7.81. The number of nitrogens with two attached hydrogens (primary N) is 1. The highest BCUT2D eigenvalue weighted by atomic mass is 19.4. The number of nitrogen functional groups attached to an aromatic ring is 1. The number of anilines is 1. The molecule has 1 aromatic heterocycles. The van der Waals surface area contributed by atoms with E-state index in [1.807, 2.05) is 32.3 Å². The quantitative estimate of drug-likeness (QED) is 0.856. The third-order valence-corrected chi connectivity index (χ3v) is 3.24. The molecule has 0 bridgehead atoms. The Balaban J connectivity index is 2.49. The topological polar surface area (TPSA) is 43.8 Å². The Morgan fingerprint density at radius 1 is 1.05 bits per heavy atom. The zero-order valence-corrected chi connectivity index (χ0v) is 12.4. The maximum absolute atomic E-state index is 12.6. The highest BCUT2D eigenvalue weighted by Gasteiger charge is 2.30. The van der Waals surface area contributed by atoms with Crippen LogP contribution in [0.1, 0.15) is 32.2 Å². The summed E-state index contributed by atoms with van der Waals surface area (Å²) in [6.07, 6.45) is -4.34. The molecule has 2 N–H and O–H groups in total. The molecule has 6 heteroatoms. The molecule has 1 heterocycles. The van der Waals surface area contributed by atoms with Crippen LogP contribution in [0.5, 0.6) is 0 Å². The number of halogens is 3. The minimum atomic E-state index is -4.34. The van der Waals surface area contributed by atoms with Crippen molar-refractivity contribution in [2.45, 2.75) is 39.4 Å². The van der Waals surface area contributed by atoms with Gasteiger partial charge in [-0.05, 0) is 39.8 Å². The molecule has 1 aromatic carbocycles. The number of hydrogen-bond donors (Lipinski definition) is 1. The number of benzene rings is 1. The predicted molar refractivity (Wildman–Crippen MR) is 76.8 cm³/mol. The summed E-state index contributed by atoms with van der Waals surface area (Å²) in [5.74, 6) is 1.19. The van der Waals surface area contributed by atoms with Gasteiger partial charge in [0.05, 0.1) is 5.56 Å². The van der Waals surface area contributed by atoms with Crippen LogP contribution in [0.3, 0.4) is 0 Å². The minimum absolute atomic E-state index is 0.245. The van der Waals surface area contributed by atoms with Gasteiger partial charge in [-0.25, -0.2) is 4.98 Å². The summed E-state index contributed by atoms with van der Waals surface area (Å²) in [7, 11) is 0. The van der Waals surface area contributed by atoms with Crippen LogP contribution in [0.25, 0.3) is 11.3 Å². The van der Waals surface area contributed by atoms with E-state index in [-0.39, 0.29) is 5.54 Å². The van der Waals surface area contributed by atoms with Gasteiger partial charge in [-0.3, -0.25) is 0 Å². The first-order valence-electron chi connectivity index (χ1n) is 6.55. The van der Waals surface area contributed by atoms with E-state index in [1.165, 1.54) is 12.1 Å². The lowest BCUT2D eigenvalue weighted by atomic mass is 10.1. The summed E-state index contributed by atoms with van der Waals surface area (Å²) in [4.78, 5) is 4.40. The molecule has 2 aromatic rings. The summed E-state index contributed by atoms with van der Waals surface area (Å²) in [5, 5.41) is 0. The normalized spacial score (nSPS) is 12.7. The SMILES string of the molecule is Cc1nc(-c2ccc(C(F)(F)F)cc2)c(N)n1C(C)(C)C. The van der Waals surface area contributed by atoms with Crippen molar-refractivity contribution in [3.05, 3.63) is 35.7 Å². The lowest BCUT2D eigenvalue weighted by molar-refractivity contribution is -0.137. The molecule has 0 radical (unpaired) electrons. The lowest BCUT2D eigenvalue weighted by Gasteiger charge is -2.24. The number of imidazole rings is 1. The molecule has 3 nitrogen and oxygen atoms in total. The van der Waals surface area contributed by atoms with E-state index in [1.54, 1.807) is 0 Å². The van der Waals surface area contributed by atoms with Gasteiger partial charge in [0.1, 0.15) is 17.3 Å². The van der Waals surface area contributed by atoms with Gasteiger partial charge in [-0.2, -0.15) is 13.2 Å². The first kappa shape index (κ1) is 15.4. The number of nitrogens with zero attached hydrogens (tertiary/aromatic N) is 2. The fourth-order valence-electron chi connectivity index (χ4n) is 2.43. The molecule has 0 atom stereocenters. The van der Waals surface area contributed by atoms with E-state index in [2.05, 4.69) is 4.98 Å². The monoisotopic (exact) mass is 297 g/mol. The highest BCUT2D eigenvalue weighted by molar-refractivity contribution is 5.71. The van der Waals surface area contributed by atoms with Crippen LogP contribution in [0.15, 0.2) is 24.3 Å². The summed E-state index contributed by atoms with van der Waals surface area (Å²) >= 11 is 0. The Morgan fingerprint density at radius 3 is 1.95 bits per heavy atom. The third-order valence-electron chi connectivity index (χ3n) is 3.24. The van der Waals surface area contributed by atoms with E-state index in [9.17, 15) is 13.2 Å². The fraction of sp³-hybridized carbons (Fsp3) is 0.400. The smallest absolute Gasteiger partial charge is 0.383 e. The molecule has 0 unspecified atom stereocenters. The molecule has 0 fully saturated rings. The van der Waals surface area contributed by atoms with Gasteiger partial charge in [0, 0.05) is 11.1 Å². The van der Waals surface area contributed by atoms with Crippen LogP contribution in [0.2, 0.25) is 0 Å². The Morgan fingerprint density at radius 2 is 1.57 bits per heavy atom. The van der Waals surface area contributed by atoms with Crippen LogP contribution in [-0.4, -0.2) is 9.55 Å². The molecular weight excluding hydrogens is 279 g/mol. The highest BCUT2D eigenvalue weighted by Crippen LogP contribution is 2.34. The van der Waals surface area contributed by atoms with Crippen molar-refractivity contribution in [2.24, 2.45) is 0 Å². The molecule has 0 saturated heterocycles. The van der Waals surface area contributed by atoms with Crippen molar-refractivity contribution in [3.63, 3.8) is 0 Å². The number of rotatable bonds is 1. The van der Waals surface area contributed by atoms with Crippen LogP contribution in [-0.2, 0) is 11.7 Å². The summed E-state index contributed by atoms with van der Waals surface area (Å²) < 4.78 is 39.6. The average Bonchev–Trinajstić information content (AvgIpc) is 2.63. The number of aryl methyl sites for hydroxylation is 1. The van der Waals surface area contributed by atoms with Crippen molar-refractivity contribution in [1.29, 1.82) is 0 Å². The summed E-state index contributed by atoms with van der Waals surface area (Å²) in [5.41, 5.74) is 6.28. The van der Waals surface area contributed by atoms with E-state index >= 15 is 0 Å². The zero-order valence-electron chi connectivity index (χ0n) is 12.4. The van der Waals surface area contributed by atoms with Crippen LogP contribution >= 0.6 is 0 Å². The number of alkyl halides is 3. The Hall–Kier alpha value is -1.98. The second-order valence-corrected chi connectivity index (χ2v) is 5.97. The number of aromatic nitrogens is 2. The van der Waals surface area contributed by atoms with Gasteiger partial charge < -0.3 is 10.3 Å². The Bertz CT molecular complexity index is 647. The van der Waals surface area contributed by atoms with Gasteiger partial charge in [-0.15, -0.1) is 0 Å². The molecular formula is C15H18F3N3. The molecule has 0 aliphatic carbocycles. The molecule has 0 saturated carbocycles. The molecule has 2 rings (SSSR count). The molecule has 0 amide bonds. The van der Waals surface area contributed by atoms with Gasteiger partial charge in [0.2, 0.25) is 0 Å². The van der Waals surface area contributed by atoms with Crippen molar-refractivity contribution in [2.75, 3.05) is 5.73 Å². The van der Waals surface area contributed by atoms with Crippen LogP contribution < -0.4 is 5.73 Å². The number of hydrogen-bond acceptors (Lipinski definition) is 2. The minimum Gasteiger partial charge on any atom is -0.383 e. The zero-order chi connectivity index (χ0) is 16.0. The van der Waals surface area contributed by atoms with Crippen molar-refractivity contribution in [3.8, 4) is 11.3 Å². The van der Waals surface area contributed by atoms with Gasteiger partial charge >= 0.3 is 6.18 Å². The largest absolute Gasteiger partial charge is 0.416 e. The average molecular weight is 297 g/mol. The lowest BCUT2D eigenvalue weighted by Crippen LogP contribution is -2.24. The molecule has 114 valence electrons. The second-order valence-electron chi connectivity index (χ2n) is 5.97. The summed E-state index contributed by atoms with van der Waals surface area (Å²) in [6, 6.07) is 4.88. The van der Waals surface area contributed by atoms with Crippen LogP contribution in [0.4, 0.5) is 19.0 Å². The molecule has 0 aliphatic heterocycles. The third kappa shape index (κ3) is 2.89. The van der Waals surface area contributed by atoms with Crippen molar-refractivity contribution in [1.82, 2.24) is 9.55 Å². The van der Waals surface area contributed by atoms with Gasteiger partial charge in [0.15, 0.2) is 0 Å². The Kier molecular flexibility index (Phi) is 3.51. The maximum Gasteiger partial charge on any atom is 0.416 e. The van der Waals surface area contributed by atoms with Crippen molar-refractivity contribution < 1.29 is 13.2 Å². The molecule has 21 heavy (non-hydrogen) atoms.